The predicted molar refractivity (Wildman–Crippen MR) is 105 cm³/mol. The summed E-state index contributed by atoms with van der Waals surface area (Å²) in [5.74, 6) is -0.654. The van der Waals surface area contributed by atoms with Crippen LogP contribution in [0.25, 0.3) is 5.83 Å². The number of hydrogen-bond acceptors (Lipinski definition) is 2. The Morgan fingerprint density at radius 2 is 2.04 bits per heavy atom. The van der Waals surface area contributed by atoms with Gasteiger partial charge in [-0.15, -0.1) is 0 Å². The van der Waals surface area contributed by atoms with E-state index in [2.05, 4.69) is 20.8 Å². The topological polar surface area (TPSA) is 52.3 Å². The maximum atomic E-state index is 15.0. The number of nitrogens with two attached hydrogens (primary N) is 1. The van der Waals surface area contributed by atoms with Gasteiger partial charge in [0, 0.05) is 5.56 Å². The number of amides is 1. The Kier molecular flexibility index (Phi) is 6.06. The van der Waals surface area contributed by atoms with Crippen molar-refractivity contribution in [2.75, 3.05) is 7.11 Å². The van der Waals surface area contributed by atoms with Crippen molar-refractivity contribution in [3.05, 3.63) is 58.2 Å². The van der Waals surface area contributed by atoms with Gasteiger partial charge < -0.3 is 10.5 Å². The molecule has 0 aliphatic heterocycles. The number of hydrogen-bond donors (Lipinski definition) is 1. The van der Waals surface area contributed by atoms with Gasteiger partial charge in [0.05, 0.1) is 12.7 Å². The zero-order valence-electron chi connectivity index (χ0n) is 16.3. The molecule has 2 N–H and O–H groups in total. The van der Waals surface area contributed by atoms with Crippen LogP contribution in [0.2, 0.25) is 0 Å². The van der Waals surface area contributed by atoms with Gasteiger partial charge in [-0.1, -0.05) is 31.6 Å². The van der Waals surface area contributed by atoms with Crippen molar-refractivity contribution in [2.45, 2.75) is 47.0 Å². The fourth-order valence-electron chi connectivity index (χ4n) is 3.53. The molecule has 1 amide bonds. The molecule has 26 heavy (non-hydrogen) atoms. The first-order valence-electron chi connectivity index (χ1n) is 8.90. The molecule has 0 atom stereocenters. The monoisotopic (exact) mass is 357 g/mol. The summed E-state index contributed by atoms with van der Waals surface area (Å²) in [6.45, 7) is 8.35. The van der Waals surface area contributed by atoms with E-state index in [1.807, 2.05) is 12.2 Å². The lowest BCUT2D eigenvalue weighted by molar-refractivity contribution is 0.1000. The SMILES string of the molecule is COc1cc(C(N)=O)ccc1/C(F)=C(C)/C=C/C1=C(C)CCCC1(C)C. The van der Waals surface area contributed by atoms with E-state index in [4.69, 9.17) is 10.5 Å². The summed E-state index contributed by atoms with van der Waals surface area (Å²) in [5, 5.41) is 0. The van der Waals surface area contributed by atoms with Gasteiger partial charge in [-0.05, 0) is 67.9 Å². The molecule has 1 aromatic carbocycles. The fourth-order valence-corrected chi connectivity index (χ4v) is 3.53. The van der Waals surface area contributed by atoms with E-state index >= 15 is 0 Å². The number of methoxy groups -OCH3 is 1. The molecule has 4 heteroatoms. The smallest absolute Gasteiger partial charge is 0.248 e. The van der Waals surface area contributed by atoms with Crippen molar-refractivity contribution < 1.29 is 13.9 Å². The molecule has 1 aromatic rings. The molecular formula is C22H28FNO2. The van der Waals surface area contributed by atoms with Crippen LogP contribution in [0.3, 0.4) is 0 Å². The van der Waals surface area contributed by atoms with Gasteiger partial charge >= 0.3 is 0 Å². The second kappa shape index (κ2) is 7.90. The minimum Gasteiger partial charge on any atom is -0.496 e. The first-order chi connectivity index (χ1) is 12.2. The molecule has 2 rings (SSSR count). The van der Waals surface area contributed by atoms with Crippen LogP contribution in [0.4, 0.5) is 4.39 Å². The van der Waals surface area contributed by atoms with Crippen molar-refractivity contribution in [3.8, 4) is 5.75 Å². The summed E-state index contributed by atoms with van der Waals surface area (Å²) in [7, 11) is 1.45. The Hall–Kier alpha value is -2.36. The average Bonchev–Trinajstić information content (AvgIpc) is 2.59. The van der Waals surface area contributed by atoms with Crippen LogP contribution < -0.4 is 10.5 Å². The number of halogens is 1. The highest BCUT2D eigenvalue weighted by Gasteiger charge is 2.26. The van der Waals surface area contributed by atoms with Crippen molar-refractivity contribution in [1.29, 1.82) is 0 Å². The van der Waals surface area contributed by atoms with Gasteiger partial charge in [0.2, 0.25) is 5.91 Å². The fraction of sp³-hybridized carbons (Fsp3) is 0.409. The lowest BCUT2D eigenvalue weighted by Crippen LogP contribution is -2.19. The van der Waals surface area contributed by atoms with E-state index in [-0.39, 0.29) is 16.8 Å². The quantitative estimate of drug-likeness (QED) is 0.700. The number of rotatable bonds is 5. The van der Waals surface area contributed by atoms with Crippen LogP contribution in [0.5, 0.6) is 5.75 Å². The van der Waals surface area contributed by atoms with Gasteiger partial charge in [-0.2, -0.15) is 0 Å². The summed E-state index contributed by atoms with van der Waals surface area (Å²) in [6.07, 6.45) is 7.29. The highest BCUT2D eigenvalue weighted by atomic mass is 19.1. The number of carbonyl (C=O) groups excluding carboxylic acids is 1. The van der Waals surface area contributed by atoms with Gasteiger partial charge in [-0.3, -0.25) is 4.79 Å². The lowest BCUT2D eigenvalue weighted by atomic mass is 9.72. The highest BCUT2D eigenvalue weighted by Crippen LogP contribution is 2.41. The highest BCUT2D eigenvalue weighted by molar-refractivity contribution is 5.93. The normalized spacial score (nSPS) is 18.1. The summed E-state index contributed by atoms with van der Waals surface area (Å²) in [5.41, 5.74) is 9.15. The largest absolute Gasteiger partial charge is 0.496 e. The van der Waals surface area contributed by atoms with E-state index in [9.17, 15) is 9.18 Å². The summed E-state index contributed by atoms with van der Waals surface area (Å²) in [4.78, 5) is 11.3. The minimum atomic E-state index is -0.571. The summed E-state index contributed by atoms with van der Waals surface area (Å²) < 4.78 is 20.2. The molecule has 0 heterocycles. The van der Waals surface area contributed by atoms with E-state index in [1.54, 1.807) is 6.92 Å². The van der Waals surface area contributed by atoms with Crippen molar-refractivity contribution in [3.63, 3.8) is 0 Å². The van der Waals surface area contributed by atoms with Crippen LogP contribution in [0.1, 0.15) is 62.9 Å². The standard InChI is InChI=1S/C22H28FNO2/c1-14-7-6-12-22(3,4)18(14)11-8-15(2)20(23)17-10-9-16(21(24)25)13-19(17)26-5/h8-11,13H,6-7,12H2,1-5H3,(H2,24,25)/b11-8+,20-15-. The molecule has 0 fully saturated rings. The molecule has 0 saturated carbocycles. The second-order valence-electron chi connectivity index (χ2n) is 7.54. The summed E-state index contributed by atoms with van der Waals surface area (Å²) in [6, 6.07) is 4.50. The van der Waals surface area contributed by atoms with E-state index in [0.29, 0.717) is 16.9 Å². The van der Waals surface area contributed by atoms with E-state index in [0.717, 1.165) is 12.8 Å². The van der Waals surface area contributed by atoms with Gasteiger partial charge in [0.15, 0.2) is 0 Å². The average molecular weight is 357 g/mol. The molecule has 0 radical (unpaired) electrons. The van der Waals surface area contributed by atoms with Crippen LogP contribution in [-0.2, 0) is 0 Å². The molecular weight excluding hydrogens is 329 g/mol. The molecule has 1 aliphatic rings. The third kappa shape index (κ3) is 4.24. The maximum Gasteiger partial charge on any atom is 0.248 e. The Bertz CT molecular complexity index is 800. The number of benzene rings is 1. The van der Waals surface area contributed by atoms with Crippen LogP contribution in [-0.4, -0.2) is 13.0 Å². The van der Waals surface area contributed by atoms with Gasteiger partial charge in [0.25, 0.3) is 0 Å². The van der Waals surface area contributed by atoms with E-state index in [1.165, 1.54) is 42.9 Å². The molecule has 0 bridgehead atoms. The van der Waals surface area contributed by atoms with Gasteiger partial charge in [0.1, 0.15) is 11.6 Å². The molecule has 3 nitrogen and oxygen atoms in total. The van der Waals surface area contributed by atoms with Gasteiger partial charge in [-0.25, -0.2) is 4.39 Å². The molecule has 140 valence electrons. The summed E-state index contributed by atoms with van der Waals surface area (Å²) >= 11 is 0. The maximum absolute atomic E-state index is 15.0. The van der Waals surface area contributed by atoms with Crippen molar-refractivity contribution in [1.82, 2.24) is 0 Å². The lowest BCUT2D eigenvalue weighted by Gasteiger charge is -2.33. The molecule has 0 aromatic heterocycles. The molecule has 0 saturated heterocycles. The van der Waals surface area contributed by atoms with Crippen LogP contribution in [0.15, 0.2) is 47.1 Å². The Balaban J connectivity index is 2.39. The Labute approximate surface area is 155 Å². The predicted octanol–water partition coefficient (Wildman–Crippen LogP) is 5.58. The van der Waals surface area contributed by atoms with Crippen molar-refractivity contribution >= 4 is 11.7 Å². The first kappa shape index (κ1) is 20.0. The zero-order chi connectivity index (χ0) is 19.5. The first-order valence-corrected chi connectivity index (χ1v) is 8.90. The van der Waals surface area contributed by atoms with Crippen molar-refractivity contribution in [2.24, 2.45) is 11.1 Å². The second-order valence-corrected chi connectivity index (χ2v) is 7.54. The Morgan fingerprint density at radius 1 is 1.35 bits per heavy atom. The number of primary amides is 1. The molecule has 0 unspecified atom stereocenters. The van der Waals surface area contributed by atoms with Crippen LogP contribution in [0, 0.1) is 5.41 Å². The zero-order valence-corrected chi connectivity index (χ0v) is 16.3. The van der Waals surface area contributed by atoms with E-state index < -0.39 is 5.91 Å². The molecule has 1 aliphatic carbocycles. The third-order valence-corrected chi connectivity index (χ3v) is 5.11. The number of allylic oxidation sites excluding steroid dienone is 5. The van der Waals surface area contributed by atoms with Crippen LogP contribution >= 0.6 is 0 Å². The number of ether oxygens (including phenoxy) is 1. The molecule has 0 spiro atoms. The minimum absolute atomic E-state index is 0.108. The number of carbonyl (C=O) groups is 1. The Morgan fingerprint density at radius 3 is 2.62 bits per heavy atom. The third-order valence-electron chi connectivity index (χ3n) is 5.11.